The summed E-state index contributed by atoms with van der Waals surface area (Å²) in [5.74, 6) is -2.36. The second-order valence-corrected chi connectivity index (χ2v) is 8.94. The third kappa shape index (κ3) is 14.6. The topological polar surface area (TPSA) is 83.8 Å². The van der Waals surface area contributed by atoms with Crippen LogP contribution in [0.15, 0.2) is 0 Å². The molecule has 0 aliphatic heterocycles. The Morgan fingerprint density at radius 1 is 0.821 bits per heavy atom. The van der Waals surface area contributed by atoms with E-state index in [-0.39, 0.29) is 6.42 Å². The molecule has 0 rings (SSSR count). The fraction of sp³-hybridized carbons (Fsp3) is 0.905. The number of hydrogen-bond donors (Lipinski definition) is 2. The number of carbonyl (C=O) groups is 2. The predicted octanol–water partition coefficient (Wildman–Crippen LogP) is 5.45. The van der Waals surface area contributed by atoms with Gasteiger partial charge in [0, 0.05) is 0 Å². The molecule has 0 bridgehead atoms. The molecule has 0 aromatic rings. The first-order valence-electron chi connectivity index (χ1n) is 10.8. The molecule has 1 unspecified atom stereocenters. The zero-order valence-corrected chi connectivity index (χ0v) is 18.8. The van der Waals surface area contributed by atoms with E-state index in [0.29, 0.717) is 6.42 Å². The molecule has 7 heteroatoms. The van der Waals surface area contributed by atoms with Crippen LogP contribution in [0.1, 0.15) is 103 Å². The molecule has 0 radical (unpaired) electrons. The number of ether oxygens (including phenoxy) is 1. The van der Waals surface area contributed by atoms with Crippen LogP contribution in [0.4, 0.5) is 0 Å². The van der Waals surface area contributed by atoms with Gasteiger partial charge in [0.25, 0.3) is 0 Å². The van der Waals surface area contributed by atoms with Crippen molar-refractivity contribution in [1.29, 1.82) is 0 Å². The number of rotatable bonds is 18. The molecule has 0 aromatic carbocycles. The summed E-state index contributed by atoms with van der Waals surface area (Å²) in [6.07, 6.45) is 15.4. The van der Waals surface area contributed by atoms with Crippen LogP contribution < -0.4 is 0 Å². The van der Waals surface area contributed by atoms with Crippen LogP contribution in [0.5, 0.6) is 0 Å². The predicted molar refractivity (Wildman–Crippen MR) is 114 cm³/mol. The number of hydrogen-bond acceptors (Lipinski definition) is 5. The Hall–Kier alpha value is -0.360. The quantitative estimate of drug-likeness (QED) is 0.128. The zero-order valence-electron chi connectivity index (χ0n) is 17.3. The van der Waals surface area contributed by atoms with E-state index < -0.39 is 29.0 Å². The highest BCUT2D eigenvalue weighted by Crippen LogP contribution is 2.30. The largest absolute Gasteiger partial charge is 0.393 e. The Morgan fingerprint density at radius 2 is 1.21 bits per heavy atom. The van der Waals surface area contributed by atoms with Gasteiger partial charge in [0.2, 0.25) is 4.33 Å². The van der Waals surface area contributed by atoms with Crippen molar-refractivity contribution in [3.8, 4) is 0 Å². The lowest BCUT2D eigenvalue weighted by Gasteiger charge is -2.17. The fourth-order valence-corrected chi connectivity index (χ4v) is 3.30. The summed E-state index contributed by atoms with van der Waals surface area (Å²) in [4.78, 5) is 23.0. The number of aliphatic hydroxyl groups is 2. The molecule has 0 saturated heterocycles. The Bertz CT molecular complexity index is 416. The molecule has 28 heavy (non-hydrogen) atoms. The summed E-state index contributed by atoms with van der Waals surface area (Å²) < 4.78 is 2.57. The van der Waals surface area contributed by atoms with E-state index in [1.165, 1.54) is 64.2 Å². The SMILES string of the molecule is CCCCCCCCCCCCCCCCC(Cl)(Cl)C(=O)OC(=O)C(O)CO. The van der Waals surface area contributed by atoms with Crippen molar-refractivity contribution in [2.45, 2.75) is 114 Å². The monoisotopic (exact) mass is 440 g/mol. The van der Waals surface area contributed by atoms with Gasteiger partial charge in [-0.25, -0.2) is 9.59 Å². The Labute approximate surface area is 180 Å². The summed E-state index contributed by atoms with van der Waals surface area (Å²) in [7, 11) is 0. The van der Waals surface area contributed by atoms with Gasteiger partial charge in [-0.2, -0.15) is 0 Å². The Balaban J connectivity index is 3.58. The van der Waals surface area contributed by atoms with E-state index in [2.05, 4.69) is 11.7 Å². The van der Waals surface area contributed by atoms with Crippen LogP contribution in [-0.2, 0) is 14.3 Å². The van der Waals surface area contributed by atoms with Crippen molar-refractivity contribution >= 4 is 35.1 Å². The summed E-state index contributed by atoms with van der Waals surface area (Å²) >= 11 is 11.8. The minimum atomic E-state index is -1.82. The first-order chi connectivity index (χ1) is 13.3. The number of alkyl halides is 2. The van der Waals surface area contributed by atoms with Crippen LogP contribution in [0, 0.1) is 0 Å². The molecule has 0 saturated carbocycles. The third-order valence-electron chi connectivity index (χ3n) is 4.78. The van der Waals surface area contributed by atoms with Crippen LogP contribution in [0.2, 0.25) is 0 Å². The number of unbranched alkanes of at least 4 members (excludes halogenated alkanes) is 13. The number of esters is 2. The normalized spacial score (nSPS) is 12.8. The van der Waals surface area contributed by atoms with Crippen molar-refractivity contribution in [2.24, 2.45) is 0 Å². The van der Waals surface area contributed by atoms with Gasteiger partial charge < -0.3 is 14.9 Å². The molecule has 0 aromatic heterocycles. The van der Waals surface area contributed by atoms with Gasteiger partial charge in [-0.15, -0.1) is 0 Å². The molecule has 0 spiro atoms. The maximum absolute atomic E-state index is 11.8. The average molecular weight is 441 g/mol. The molecule has 2 N–H and O–H groups in total. The van der Waals surface area contributed by atoms with E-state index >= 15 is 0 Å². The molecular formula is C21H38Cl2O5. The van der Waals surface area contributed by atoms with Crippen molar-refractivity contribution in [1.82, 2.24) is 0 Å². The summed E-state index contributed by atoms with van der Waals surface area (Å²) in [5.41, 5.74) is 0. The highest BCUT2D eigenvalue weighted by molar-refractivity contribution is 6.57. The average Bonchev–Trinajstić information content (AvgIpc) is 2.67. The molecule has 0 aliphatic carbocycles. The summed E-state index contributed by atoms with van der Waals surface area (Å²) in [6.45, 7) is 1.41. The molecule has 0 amide bonds. The first-order valence-corrected chi connectivity index (χ1v) is 11.5. The fourth-order valence-electron chi connectivity index (χ4n) is 2.95. The minimum absolute atomic E-state index is 0.176. The molecule has 0 heterocycles. The van der Waals surface area contributed by atoms with Crippen LogP contribution in [0.25, 0.3) is 0 Å². The number of carbonyl (C=O) groups excluding carboxylic acids is 2. The maximum atomic E-state index is 11.8. The Kier molecular flexibility index (Phi) is 17.3. The highest BCUT2D eigenvalue weighted by atomic mass is 35.5. The standard InChI is InChI=1S/C21H38Cl2O5/c1-2-3-4-5-6-7-8-9-10-11-12-13-14-15-16-21(22,23)20(27)28-19(26)18(25)17-24/h18,24-25H,2-17H2,1H3. The van der Waals surface area contributed by atoms with E-state index in [1.54, 1.807) is 0 Å². The van der Waals surface area contributed by atoms with Crippen molar-refractivity contribution in [3.63, 3.8) is 0 Å². The van der Waals surface area contributed by atoms with Crippen molar-refractivity contribution < 1.29 is 24.5 Å². The van der Waals surface area contributed by atoms with Crippen molar-refractivity contribution in [3.05, 3.63) is 0 Å². The van der Waals surface area contributed by atoms with E-state index in [4.69, 9.17) is 33.4 Å². The molecule has 166 valence electrons. The van der Waals surface area contributed by atoms with Gasteiger partial charge in [-0.3, -0.25) is 0 Å². The lowest BCUT2D eigenvalue weighted by atomic mass is 10.0. The lowest BCUT2D eigenvalue weighted by molar-refractivity contribution is -0.167. The van der Waals surface area contributed by atoms with Crippen molar-refractivity contribution in [2.75, 3.05) is 6.61 Å². The van der Waals surface area contributed by atoms with E-state index in [9.17, 15) is 9.59 Å². The third-order valence-corrected chi connectivity index (χ3v) is 5.47. The second-order valence-electron chi connectivity index (χ2n) is 7.46. The highest BCUT2D eigenvalue weighted by Gasteiger charge is 2.37. The van der Waals surface area contributed by atoms with Crippen LogP contribution in [-0.4, -0.2) is 39.2 Å². The zero-order chi connectivity index (χ0) is 21.3. The second kappa shape index (κ2) is 17.5. The van der Waals surface area contributed by atoms with Gasteiger partial charge in [0.05, 0.1) is 6.61 Å². The molecule has 0 aliphatic rings. The summed E-state index contributed by atoms with van der Waals surface area (Å²) in [6, 6.07) is 0. The molecular weight excluding hydrogens is 403 g/mol. The maximum Gasteiger partial charge on any atom is 0.350 e. The van der Waals surface area contributed by atoms with Gasteiger partial charge in [0.15, 0.2) is 6.10 Å². The van der Waals surface area contributed by atoms with E-state index in [1.807, 2.05) is 0 Å². The number of halogens is 2. The molecule has 5 nitrogen and oxygen atoms in total. The lowest BCUT2D eigenvalue weighted by Crippen LogP contribution is -2.35. The first kappa shape index (κ1) is 27.6. The van der Waals surface area contributed by atoms with Gasteiger partial charge >= 0.3 is 11.9 Å². The van der Waals surface area contributed by atoms with Crippen LogP contribution >= 0.6 is 23.2 Å². The molecule has 0 fully saturated rings. The van der Waals surface area contributed by atoms with Gasteiger partial charge in [0.1, 0.15) is 0 Å². The Morgan fingerprint density at radius 3 is 1.61 bits per heavy atom. The van der Waals surface area contributed by atoms with Gasteiger partial charge in [-0.05, 0) is 12.8 Å². The minimum Gasteiger partial charge on any atom is -0.393 e. The number of aliphatic hydroxyl groups excluding tert-OH is 2. The van der Waals surface area contributed by atoms with Gasteiger partial charge in [-0.1, -0.05) is 114 Å². The summed E-state index contributed by atoms with van der Waals surface area (Å²) in [5, 5.41) is 17.7. The van der Waals surface area contributed by atoms with E-state index in [0.717, 1.165) is 19.3 Å². The molecule has 1 atom stereocenters. The van der Waals surface area contributed by atoms with Crippen LogP contribution in [0.3, 0.4) is 0 Å². The smallest absolute Gasteiger partial charge is 0.350 e.